The Morgan fingerprint density at radius 3 is 2.91 bits per heavy atom. The second-order valence-electron chi connectivity index (χ2n) is 7.50. The van der Waals surface area contributed by atoms with E-state index in [2.05, 4.69) is 30.9 Å². The summed E-state index contributed by atoms with van der Waals surface area (Å²) < 4.78 is 0. The van der Waals surface area contributed by atoms with Gasteiger partial charge < -0.3 is 22.1 Å². The van der Waals surface area contributed by atoms with Crippen molar-refractivity contribution in [3.8, 4) is 6.19 Å². The summed E-state index contributed by atoms with van der Waals surface area (Å²) in [5, 5.41) is 20.7. The van der Waals surface area contributed by atoms with Crippen molar-refractivity contribution in [1.29, 1.82) is 5.26 Å². The zero-order valence-corrected chi connectivity index (χ0v) is 19.5. The minimum Gasteiger partial charge on any atom is -0.370 e. The molecule has 12 heteroatoms. The first-order valence-corrected chi connectivity index (χ1v) is 11.8. The lowest BCUT2D eigenvalue weighted by atomic mass is 9.84. The number of amides is 1. The van der Waals surface area contributed by atoms with Crippen molar-refractivity contribution >= 4 is 45.9 Å². The van der Waals surface area contributed by atoms with Gasteiger partial charge in [-0.1, -0.05) is 30.2 Å². The average molecular weight is 488 g/mol. The van der Waals surface area contributed by atoms with E-state index in [4.69, 9.17) is 28.3 Å². The number of nitrogens with two attached hydrogens (primary N) is 2. The van der Waals surface area contributed by atoms with Crippen molar-refractivity contribution in [1.82, 2.24) is 20.9 Å². The second-order valence-corrected chi connectivity index (χ2v) is 8.74. The molecule has 1 aromatic heterocycles. The molecule has 1 aliphatic rings. The Morgan fingerprint density at radius 2 is 2.15 bits per heavy atom. The first-order valence-electron chi connectivity index (χ1n) is 10.5. The van der Waals surface area contributed by atoms with Gasteiger partial charge in [0.2, 0.25) is 11.1 Å². The zero-order chi connectivity index (χ0) is 23.6. The van der Waals surface area contributed by atoms with Gasteiger partial charge in [-0.15, -0.1) is 11.3 Å². The molecule has 0 aliphatic heterocycles. The minimum absolute atomic E-state index is 0.00873. The SMILES string of the molecule is N#CNC(=NCCNC(=O)c1ccccc1Cl)NC1CCCC(c2csc(N=C(N)N)n2)C1. The fourth-order valence-electron chi connectivity index (χ4n) is 3.66. The lowest BCUT2D eigenvalue weighted by molar-refractivity contribution is 0.0955. The number of rotatable bonds is 7. The molecule has 1 amide bonds. The monoisotopic (exact) mass is 487 g/mol. The van der Waals surface area contributed by atoms with E-state index in [1.807, 2.05) is 11.6 Å². The third-order valence-corrected chi connectivity index (χ3v) is 6.21. The number of nitrogens with one attached hydrogen (secondary N) is 3. The summed E-state index contributed by atoms with van der Waals surface area (Å²) in [4.78, 5) is 25.2. The van der Waals surface area contributed by atoms with Gasteiger partial charge in [-0.25, -0.2) is 4.98 Å². The number of hydrogen-bond donors (Lipinski definition) is 5. The average Bonchev–Trinajstić information content (AvgIpc) is 3.25. The van der Waals surface area contributed by atoms with Crippen LogP contribution in [-0.4, -0.2) is 41.9 Å². The van der Waals surface area contributed by atoms with E-state index in [0.717, 1.165) is 31.4 Å². The molecule has 2 aromatic rings. The molecular formula is C21H26ClN9OS. The molecule has 7 N–H and O–H groups in total. The highest BCUT2D eigenvalue weighted by molar-refractivity contribution is 7.13. The predicted molar refractivity (Wildman–Crippen MR) is 131 cm³/mol. The smallest absolute Gasteiger partial charge is 0.252 e. The molecule has 33 heavy (non-hydrogen) atoms. The van der Waals surface area contributed by atoms with Gasteiger partial charge in [-0.3, -0.25) is 15.1 Å². The van der Waals surface area contributed by atoms with E-state index in [9.17, 15) is 4.79 Å². The van der Waals surface area contributed by atoms with E-state index in [0.29, 0.717) is 34.8 Å². The van der Waals surface area contributed by atoms with Crippen molar-refractivity contribution in [2.75, 3.05) is 13.1 Å². The maximum absolute atomic E-state index is 12.2. The second kappa shape index (κ2) is 12.0. The van der Waals surface area contributed by atoms with Gasteiger partial charge in [0.05, 0.1) is 22.8 Å². The van der Waals surface area contributed by atoms with Gasteiger partial charge in [0.15, 0.2) is 12.2 Å². The summed E-state index contributed by atoms with van der Waals surface area (Å²) in [5.74, 6) is 0.380. The van der Waals surface area contributed by atoms with E-state index in [-0.39, 0.29) is 23.8 Å². The molecule has 0 bridgehead atoms. The largest absolute Gasteiger partial charge is 0.370 e. The Morgan fingerprint density at radius 1 is 1.33 bits per heavy atom. The highest BCUT2D eigenvalue weighted by Crippen LogP contribution is 2.35. The van der Waals surface area contributed by atoms with Crippen LogP contribution < -0.4 is 27.4 Å². The molecule has 10 nitrogen and oxygen atoms in total. The summed E-state index contributed by atoms with van der Waals surface area (Å²) in [5.41, 5.74) is 12.2. The van der Waals surface area contributed by atoms with Crippen LogP contribution in [0.25, 0.3) is 0 Å². The van der Waals surface area contributed by atoms with Crippen molar-refractivity contribution < 1.29 is 4.79 Å². The third kappa shape index (κ3) is 7.34. The molecule has 2 atom stereocenters. The molecule has 0 radical (unpaired) electrons. The number of halogens is 1. The lowest BCUT2D eigenvalue weighted by Gasteiger charge is -2.29. The van der Waals surface area contributed by atoms with Gasteiger partial charge in [0, 0.05) is 23.9 Å². The van der Waals surface area contributed by atoms with Crippen molar-refractivity contribution in [2.24, 2.45) is 21.5 Å². The maximum atomic E-state index is 12.2. The Kier molecular flexibility index (Phi) is 8.86. The zero-order valence-electron chi connectivity index (χ0n) is 17.9. The van der Waals surface area contributed by atoms with Crippen LogP contribution in [0, 0.1) is 11.5 Å². The molecule has 174 valence electrons. The molecule has 0 spiro atoms. The summed E-state index contributed by atoms with van der Waals surface area (Å²) in [6.45, 7) is 0.610. The van der Waals surface area contributed by atoms with Crippen molar-refractivity contribution in [2.45, 2.75) is 37.6 Å². The van der Waals surface area contributed by atoms with E-state index < -0.39 is 0 Å². The van der Waals surface area contributed by atoms with Crippen LogP contribution in [0.2, 0.25) is 5.02 Å². The van der Waals surface area contributed by atoms with Crippen LogP contribution in [0.15, 0.2) is 39.6 Å². The molecule has 2 unspecified atom stereocenters. The number of carbonyl (C=O) groups is 1. The summed E-state index contributed by atoms with van der Waals surface area (Å²) in [6.07, 6.45) is 5.75. The molecule has 1 heterocycles. The van der Waals surface area contributed by atoms with E-state index in [1.54, 1.807) is 24.3 Å². The minimum atomic E-state index is -0.267. The Labute approximate surface area is 201 Å². The number of benzene rings is 1. The number of thiazole rings is 1. The van der Waals surface area contributed by atoms with Gasteiger partial charge in [0.25, 0.3) is 5.91 Å². The number of carbonyl (C=O) groups excluding carboxylic acids is 1. The Balaban J connectivity index is 1.53. The normalized spacial score (nSPS) is 18.1. The van der Waals surface area contributed by atoms with Crippen LogP contribution in [0.5, 0.6) is 0 Å². The van der Waals surface area contributed by atoms with Gasteiger partial charge >= 0.3 is 0 Å². The predicted octanol–water partition coefficient (Wildman–Crippen LogP) is 2.17. The van der Waals surface area contributed by atoms with Crippen LogP contribution in [0.4, 0.5) is 5.13 Å². The van der Waals surface area contributed by atoms with E-state index >= 15 is 0 Å². The number of aromatic nitrogens is 1. The number of guanidine groups is 2. The number of nitriles is 1. The molecule has 3 rings (SSSR count). The molecule has 1 aromatic carbocycles. The molecule has 1 aliphatic carbocycles. The first kappa shape index (κ1) is 24.3. The fraction of sp³-hybridized carbons (Fsp3) is 0.381. The lowest BCUT2D eigenvalue weighted by Crippen LogP contribution is -2.44. The summed E-state index contributed by atoms with van der Waals surface area (Å²) in [6, 6.07) is 6.98. The summed E-state index contributed by atoms with van der Waals surface area (Å²) >= 11 is 7.45. The number of hydrogen-bond acceptors (Lipinski definition) is 6. The summed E-state index contributed by atoms with van der Waals surface area (Å²) in [7, 11) is 0. The molecule has 1 saturated carbocycles. The highest BCUT2D eigenvalue weighted by atomic mass is 35.5. The fourth-order valence-corrected chi connectivity index (χ4v) is 4.67. The third-order valence-electron chi connectivity index (χ3n) is 5.13. The van der Waals surface area contributed by atoms with Crippen LogP contribution in [0.3, 0.4) is 0 Å². The number of nitrogens with zero attached hydrogens (tertiary/aromatic N) is 4. The maximum Gasteiger partial charge on any atom is 0.252 e. The van der Waals surface area contributed by atoms with Crippen LogP contribution in [0.1, 0.15) is 47.7 Å². The van der Waals surface area contributed by atoms with Crippen molar-refractivity contribution in [3.05, 3.63) is 45.9 Å². The molecular weight excluding hydrogens is 462 g/mol. The topological polar surface area (TPSA) is 167 Å². The first-order chi connectivity index (χ1) is 16.0. The van der Waals surface area contributed by atoms with Crippen LogP contribution >= 0.6 is 22.9 Å². The molecule has 0 saturated heterocycles. The Bertz CT molecular complexity index is 1060. The van der Waals surface area contributed by atoms with E-state index in [1.165, 1.54) is 11.3 Å². The quantitative estimate of drug-likeness (QED) is 0.131. The van der Waals surface area contributed by atoms with Gasteiger partial charge in [-0.05, 0) is 31.4 Å². The molecule has 1 fully saturated rings. The van der Waals surface area contributed by atoms with Gasteiger partial charge in [-0.2, -0.15) is 10.3 Å². The van der Waals surface area contributed by atoms with Gasteiger partial charge in [0.1, 0.15) is 0 Å². The Hall–Kier alpha value is -3.36. The highest BCUT2D eigenvalue weighted by Gasteiger charge is 2.25. The number of aliphatic imine (C=N–C) groups is 2. The van der Waals surface area contributed by atoms with Crippen LogP contribution in [-0.2, 0) is 0 Å². The standard InChI is InChI=1S/C21H26ClN9OS/c22-16-7-2-1-6-15(16)18(32)26-8-9-27-20(28-12-23)29-14-5-3-4-13(10-14)17-11-33-21(30-17)31-19(24)25/h1-2,6-7,11,13-14H,3-5,8-10H2,(H,26,32)(H2,27,28,29)(H4,24,25,30,31). The van der Waals surface area contributed by atoms with Crippen molar-refractivity contribution in [3.63, 3.8) is 0 Å².